The molecule has 1 aromatic carbocycles. The van der Waals surface area contributed by atoms with E-state index in [0.717, 1.165) is 16.6 Å². The Bertz CT molecular complexity index is 384. The maximum atomic E-state index is 9.82. The molecule has 1 rings (SSSR count). The molecule has 96 valence electrons. The van der Waals surface area contributed by atoms with Crippen LogP contribution in [0.3, 0.4) is 0 Å². The Hall–Kier alpha value is -0.540. The lowest BCUT2D eigenvalue weighted by molar-refractivity contribution is 0.133. The molecule has 0 heterocycles. The normalized spacial score (nSPS) is 14.1. The fraction of sp³-hybridized carbons (Fsp3) is 0.571. The summed E-state index contributed by atoms with van der Waals surface area (Å²) in [6.07, 6.45) is 0. The number of aromatic hydroxyl groups is 1. The van der Waals surface area contributed by atoms with Crippen LogP contribution in [0, 0.1) is 5.41 Å². The van der Waals surface area contributed by atoms with Crippen molar-refractivity contribution in [2.45, 2.75) is 40.3 Å². The molecule has 0 aliphatic carbocycles. The van der Waals surface area contributed by atoms with E-state index in [4.69, 9.17) is 0 Å². The molecule has 0 aliphatic rings. The Labute approximate surface area is 113 Å². The number of phenolic OH excluding ortho intramolecular Hbond substituents is 1. The van der Waals surface area contributed by atoms with Crippen molar-refractivity contribution in [3.63, 3.8) is 0 Å². The average molecular weight is 300 g/mol. The van der Waals surface area contributed by atoms with E-state index in [1.165, 1.54) is 0 Å². The van der Waals surface area contributed by atoms with E-state index in [-0.39, 0.29) is 5.41 Å². The number of benzene rings is 1. The predicted molar refractivity (Wildman–Crippen MR) is 76.2 cm³/mol. The predicted octanol–water partition coefficient (Wildman–Crippen LogP) is 4.02. The summed E-state index contributed by atoms with van der Waals surface area (Å²) in [6.45, 7) is 9.66. The van der Waals surface area contributed by atoms with Crippen LogP contribution < -0.4 is 0 Å². The molecule has 0 radical (unpaired) electrons. The van der Waals surface area contributed by atoms with Crippen LogP contribution in [0.15, 0.2) is 22.7 Å². The Balaban J connectivity index is 2.81. The second-order valence-corrected chi connectivity index (χ2v) is 6.65. The van der Waals surface area contributed by atoms with Gasteiger partial charge in [-0.1, -0.05) is 36.7 Å². The Morgan fingerprint density at radius 1 is 1.35 bits per heavy atom. The number of hydrogen-bond donors (Lipinski definition) is 1. The van der Waals surface area contributed by atoms with Gasteiger partial charge in [-0.25, -0.2) is 0 Å². The molecule has 1 N–H and O–H groups in total. The molecule has 0 spiro atoms. The minimum Gasteiger partial charge on any atom is -0.508 e. The SMILES string of the molecule is CC(N(C)Cc1cc(Br)ccc1O)C(C)(C)C. The monoisotopic (exact) mass is 299 g/mol. The number of hydrogen-bond acceptors (Lipinski definition) is 2. The summed E-state index contributed by atoms with van der Waals surface area (Å²) in [7, 11) is 2.09. The summed E-state index contributed by atoms with van der Waals surface area (Å²) in [5.74, 6) is 0.362. The van der Waals surface area contributed by atoms with Crippen molar-refractivity contribution >= 4 is 15.9 Å². The van der Waals surface area contributed by atoms with E-state index < -0.39 is 0 Å². The number of halogens is 1. The summed E-state index contributed by atoms with van der Waals surface area (Å²) in [6, 6.07) is 6.00. The average Bonchev–Trinajstić information content (AvgIpc) is 2.21. The van der Waals surface area contributed by atoms with Crippen LogP contribution in [-0.2, 0) is 6.54 Å². The smallest absolute Gasteiger partial charge is 0.120 e. The van der Waals surface area contributed by atoms with Crippen molar-refractivity contribution in [3.05, 3.63) is 28.2 Å². The molecule has 0 saturated heterocycles. The highest BCUT2D eigenvalue weighted by molar-refractivity contribution is 9.10. The standard InChI is InChI=1S/C14H22BrNO/c1-10(14(2,3)4)16(5)9-11-8-12(15)6-7-13(11)17/h6-8,10,17H,9H2,1-5H3. The van der Waals surface area contributed by atoms with Gasteiger partial charge in [0.25, 0.3) is 0 Å². The maximum absolute atomic E-state index is 9.82. The first-order valence-electron chi connectivity index (χ1n) is 5.89. The molecule has 0 saturated carbocycles. The van der Waals surface area contributed by atoms with Crippen LogP contribution in [-0.4, -0.2) is 23.1 Å². The van der Waals surface area contributed by atoms with Crippen LogP contribution in [0.2, 0.25) is 0 Å². The van der Waals surface area contributed by atoms with Gasteiger partial charge in [0.2, 0.25) is 0 Å². The van der Waals surface area contributed by atoms with Crippen LogP contribution in [0.25, 0.3) is 0 Å². The van der Waals surface area contributed by atoms with Gasteiger partial charge in [-0.05, 0) is 37.6 Å². The zero-order valence-corrected chi connectivity index (χ0v) is 12.9. The highest BCUT2D eigenvalue weighted by atomic mass is 79.9. The summed E-state index contributed by atoms with van der Waals surface area (Å²) < 4.78 is 1.00. The minimum absolute atomic E-state index is 0.233. The van der Waals surface area contributed by atoms with Crippen molar-refractivity contribution in [1.82, 2.24) is 4.90 Å². The zero-order chi connectivity index (χ0) is 13.2. The van der Waals surface area contributed by atoms with Crippen molar-refractivity contribution < 1.29 is 5.11 Å². The van der Waals surface area contributed by atoms with Gasteiger partial charge in [0, 0.05) is 22.6 Å². The second-order valence-electron chi connectivity index (χ2n) is 5.73. The van der Waals surface area contributed by atoms with Gasteiger partial charge in [0.1, 0.15) is 5.75 Å². The quantitative estimate of drug-likeness (QED) is 0.911. The molecule has 1 atom stereocenters. The lowest BCUT2D eigenvalue weighted by atomic mass is 9.87. The molecular weight excluding hydrogens is 278 g/mol. The van der Waals surface area contributed by atoms with E-state index in [1.807, 2.05) is 12.1 Å². The Kier molecular flexibility index (Phi) is 4.62. The minimum atomic E-state index is 0.233. The molecule has 17 heavy (non-hydrogen) atoms. The zero-order valence-electron chi connectivity index (χ0n) is 11.3. The highest BCUT2D eigenvalue weighted by Crippen LogP contribution is 2.27. The van der Waals surface area contributed by atoms with E-state index in [2.05, 4.69) is 55.6 Å². The van der Waals surface area contributed by atoms with Crippen molar-refractivity contribution in [2.24, 2.45) is 5.41 Å². The van der Waals surface area contributed by atoms with E-state index in [0.29, 0.717) is 11.8 Å². The number of phenols is 1. The first-order chi connectivity index (χ1) is 7.71. The molecule has 0 aliphatic heterocycles. The van der Waals surface area contributed by atoms with Gasteiger partial charge < -0.3 is 5.11 Å². The van der Waals surface area contributed by atoms with Crippen molar-refractivity contribution in [3.8, 4) is 5.75 Å². The van der Waals surface area contributed by atoms with Gasteiger partial charge in [0.05, 0.1) is 0 Å². The number of nitrogens with zero attached hydrogens (tertiary/aromatic N) is 1. The Morgan fingerprint density at radius 3 is 2.47 bits per heavy atom. The van der Waals surface area contributed by atoms with E-state index >= 15 is 0 Å². The third-order valence-electron chi connectivity index (χ3n) is 3.38. The topological polar surface area (TPSA) is 23.5 Å². The third-order valence-corrected chi connectivity index (χ3v) is 3.87. The van der Waals surface area contributed by atoms with Crippen LogP contribution in [0.1, 0.15) is 33.3 Å². The van der Waals surface area contributed by atoms with E-state index in [9.17, 15) is 5.11 Å². The molecule has 0 fully saturated rings. The van der Waals surface area contributed by atoms with Crippen molar-refractivity contribution in [2.75, 3.05) is 7.05 Å². The first kappa shape index (κ1) is 14.5. The van der Waals surface area contributed by atoms with Gasteiger partial charge >= 0.3 is 0 Å². The first-order valence-corrected chi connectivity index (χ1v) is 6.68. The molecule has 1 unspecified atom stereocenters. The van der Waals surface area contributed by atoms with Gasteiger partial charge in [0.15, 0.2) is 0 Å². The summed E-state index contributed by atoms with van der Waals surface area (Å²) in [5, 5.41) is 9.82. The molecule has 0 aromatic heterocycles. The largest absolute Gasteiger partial charge is 0.508 e. The fourth-order valence-corrected chi connectivity index (χ4v) is 2.16. The van der Waals surface area contributed by atoms with Gasteiger partial charge in [-0.2, -0.15) is 0 Å². The Morgan fingerprint density at radius 2 is 1.94 bits per heavy atom. The lowest BCUT2D eigenvalue weighted by Gasteiger charge is -2.35. The van der Waals surface area contributed by atoms with Gasteiger partial charge in [-0.15, -0.1) is 0 Å². The van der Waals surface area contributed by atoms with Gasteiger partial charge in [-0.3, -0.25) is 4.90 Å². The number of rotatable bonds is 3. The highest BCUT2D eigenvalue weighted by Gasteiger charge is 2.24. The summed E-state index contributed by atoms with van der Waals surface area (Å²) >= 11 is 3.43. The molecular formula is C14H22BrNO. The maximum Gasteiger partial charge on any atom is 0.120 e. The van der Waals surface area contributed by atoms with Crippen LogP contribution in [0.4, 0.5) is 0 Å². The van der Waals surface area contributed by atoms with E-state index in [1.54, 1.807) is 6.07 Å². The summed E-state index contributed by atoms with van der Waals surface area (Å²) in [5.41, 5.74) is 1.19. The van der Waals surface area contributed by atoms with Crippen LogP contribution in [0.5, 0.6) is 5.75 Å². The molecule has 1 aromatic rings. The van der Waals surface area contributed by atoms with Crippen molar-refractivity contribution in [1.29, 1.82) is 0 Å². The lowest BCUT2D eigenvalue weighted by Crippen LogP contribution is -2.38. The summed E-state index contributed by atoms with van der Waals surface area (Å²) in [4.78, 5) is 2.27. The molecule has 0 bridgehead atoms. The molecule has 0 amide bonds. The molecule has 3 heteroatoms. The molecule has 2 nitrogen and oxygen atoms in total. The second kappa shape index (κ2) is 5.40. The van der Waals surface area contributed by atoms with Crippen LogP contribution >= 0.6 is 15.9 Å². The third kappa shape index (κ3) is 4.00. The fourth-order valence-electron chi connectivity index (χ4n) is 1.75.